The topological polar surface area (TPSA) is 60.9 Å². The molecule has 15 rings (SSSR count). The Labute approximate surface area is 474 Å². The Hall–Kier alpha value is -9.56. The Morgan fingerprint density at radius 2 is 0.519 bits per heavy atom. The number of fused-ring (bicyclic) bond motifs is 12. The van der Waals surface area contributed by atoms with E-state index in [9.17, 15) is 13.2 Å². The summed E-state index contributed by atoms with van der Waals surface area (Å²) in [7, 11) is -3.75. The van der Waals surface area contributed by atoms with Crippen molar-refractivity contribution < 1.29 is 13.2 Å². The second-order valence-corrected chi connectivity index (χ2v) is 24.3. The molecule has 0 saturated heterocycles. The van der Waals surface area contributed by atoms with Gasteiger partial charge in [-0.1, -0.05) is 204 Å². The number of ketones is 1. The van der Waals surface area contributed by atoms with E-state index in [1.807, 2.05) is 54.6 Å². The highest BCUT2D eigenvalue weighted by molar-refractivity contribution is 7.91. The third-order valence-corrected chi connectivity index (χ3v) is 19.1. The van der Waals surface area contributed by atoms with E-state index in [-0.39, 0.29) is 26.4 Å². The van der Waals surface area contributed by atoms with E-state index in [1.165, 1.54) is 33.4 Å². The minimum atomic E-state index is -3.75. The second kappa shape index (κ2) is 18.8. The maximum absolute atomic E-state index is 13.9. The molecule has 1 spiro atoms. The molecule has 0 saturated carbocycles. The average Bonchev–Trinajstić information content (AvgIpc) is 2.39. The molecule has 3 heterocycles. The molecule has 0 bridgehead atoms. The number of hydrogen-bond acceptors (Lipinski definition) is 6. The van der Waals surface area contributed by atoms with Crippen LogP contribution in [-0.2, 0) is 26.1 Å². The summed E-state index contributed by atoms with van der Waals surface area (Å²) in [5, 5.41) is 0. The minimum Gasteiger partial charge on any atom is -0.310 e. The van der Waals surface area contributed by atoms with Crippen LogP contribution in [0.25, 0.3) is 0 Å². The number of benzene rings is 11. The molecule has 0 N–H and O–H groups in total. The molecular weight excluding hydrogens is 1010 g/mol. The SMILES string of the molecule is CC1(C)c2ccccc2N(c2ccc(S(=O)(=O)c3ccc(N4c5ccccc5C(C)(C)c5ccccc54)cc3)cc2)c2ccccc21.O=C1c2ccccc2C2(c3ccccc31)c1ccccc1N(c1ccccc1)c1ccccc12. The van der Waals surface area contributed by atoms with Gasteiger partial charge in [-0.05, 0) is 142 Å². The molecule has 7 heteroatoms. The predicted molar refractivity (Wildman–Crippen MR) is 328 cm³/mol. The first-order chi connectivity index (χ1) is 39.4. The summed E-state index contributed by atoms with van der Waals surface area (Å²) >= 11 is 0. The summed E-state index contributed by atoms with van der Waals surface area (Å²) in [6, 6.07) is 92.4. The summed E-state index contributed by atoms with van der Waals surface area (Å²) in [6.45, 7) is 9.03. The Balaban J connectivity index is 0.000000153. The van der Waals surface area contributed by atoms with Gasteiger partial charge in [0.1, 0.15) is 0 Å². The highest BCUT2D eigenvalue weighted by Gasteiger charge is 2.51. The fraction of sp³-hybridized carbons (Fsp3) is 0.0946. The Kier molecular flexibility index (Phi) is 11.5. The average molecular weight is 1070 g/mol. The number of carbonyl (C=O) groups excluding carboxylic acids is 1. The molecule has 1 aliphatic carbocycles. The zero-order valence-electron chi connectivity index (χ0n) is 45.5. The molecule has 4 aliphatic rings. The molecule has 6 nitrogen and oxygen atoms in total. The van der Waals surface area contributed by atoms with Crippen LogP contribution in [0.5, 0.6) is 0 Å². The maximum atomic E-state index is 13.9. The Morgan fingerprint density at radius 1 is 0.272 bits per heavy atom. The van der Waals surface area contributed by atoms with Crippen LogP contribution < -0.4 is 14.7 Å². The first-order valence-corrected chi connectivity index (χ1v) is 29.1. The van der Waals surface area contributed by atoms with Gasteiger partial charge < -0.3 is 14.7 Å². The van der Waals surface area contributed by atoms with Crippen molar-refractivity contribution in [1.29, 1.82) is 0 Å². The molecule has 392 valence electrons. The van der Waals surface area contributed by atoms with E-state index in [1.54, 1.807) is 24.3 Å². The quantitative estimate of drug-likeness (QED) is 0.171. The van der Waals surface area contributed by atoms with Crippen LogP contribution in [0, 0.1) is 0 Å². The summed E-state index contributed by atoms with van der Waals surface area (Å²) in [5.41, 5.74) is 19.7. The fourth-order valence-corrected chi connectivity index (χ4v) is 14.8. The predicted octanol–water partition coefficient (Wildman–Crippen LogP) is 18.1. The molecule has 0 unspecified atom stereocenters. The van der Waals surface area contributed by atoms with Crippen LogP contribution in [0.15, 0.2) is 283 Å². The van der Waals surface area contributed by atoms with Crippen molar-refractivity contribution in [2.75, 3.05) is 14.7 Å². The largest absolute Gasteiger partial charge is 0.310 e. The highest BCUT2D eigenvalue weighted by atomic mass is 32.2. The van der Waals surface area contributed by atoms with Crippen molar-refractivity contribution in [3.63, 3.8) is 0 Å². The van der Waals surface area contributed by atoms with Crippen LogP contribution in [0.1, 0.15) is 88.1 Å². The molecule has 11 aromatic carbocycles. The number of anilines is 9. The summed E-state index contributed by atoms with van der Waals surface area (Å²) < 4.78 is 27.9. The van der Waals surface area contributed by atoms with E-state index in [4.69, 9.17) is 0 Å². The van der Waals surface area contributed by atoms with E-state index in [0.717, 1.165) is 73.4 Å². The minimum absolute atomic E-state index is 0.0947. The fourth-order valence-electron chi connectivity index (χ4n) is 13.6. The lowest BCUT2D eigenvalue weighted by atomic mass is 9.57. The van der Waals surface area contributed by atoms with Gasteiger partial charge in [0.2, 0.25) is 9.84 Å². The molecule has 0 fully saturated rings. The van der Waals surface area contributed by atoms with Gasteiger partial charge in [0.25, 0.3) is 0 Å². The molecule has 0 radical (unpaired) electrons. The van der Waals surface area contributed by atoms with Gasteiger partial charge in [0.05, 0.1) is 49.3 Å². The first kappa shape index (κ1) is 49.7. The van der Waals surface area contributed by atoms with Gasteiger partial charge in [-0.15, -0.1) is 0 Å². The summed E-state index contributed by atoms with van der Waals surface area (Å²) in [4.78, 5) is 21.0. The second-order valence-electron chi connectivity index (χ2n) is 22.4. The van der Waals surface area contributed by atoms with Crippen LogP contribution in [0.2, 0.25) is 0 Å². The molecule has 0 aromatic heterocycles. The zero-order valence-corrected chi connectivity index (χ0v) is 46.3. The normalized spacial score (nSPS) is 15.3. The van der Waals surface area contributed by atoms with Crippen molar-refractivity contribution in [3.8, 4) is 0 Å². The first-order valence-electron chi connectivity index (χ1n) is 27.6. The lowest BCUT2D eigenvalue weighted by Gasteiger charge is -2.48. The summed E-state index contributed by atoms with van der Waals surface area (Å²) in [6.07, 6.45) is 0. The van der Waals surface area contributed by atoms with E-state index >= 15 is 0 Å². The van der Waals surface area contributed by atoms with Gasteiger partial charge in [0.15, 0.2) is 5.78 Å². The van der Waals surface area contributed by atoms with E-state index in [0.29, 0.717) is 0 Å². The van der Waals surface area contributed by atoms with Crippen LogP contribution in [0.3, 0.4) is 0 Å². The lowest BCUT2D eigenvalue weighted by Crippen LogP contribution is -2.42. The number of carbonyl (C=O) groups is 1. The van der Waals surface area contributed by atoms with Crippen LogP contribution >= 0.6 is 0 Å². The molecule has 0 amide bonds. The van der Waals surface area contributed by atoms with Gasteiger partial charge in [0, 0.05) is 39.0 Å². The Bertz CT molecular complexity index is 4060. The van der Waals surface area contributed by atoms with Crippen molar-refractivity contribution in [2.24, 2.45) is 0 Å². The molecular formula is C74H57N3O3S. The number of sulfone groups is 1. The van der Waals surface area contributed by atoms with Crippen LogP contribution in [-0.4, -0.2) is 14.2 Å². The smallest absolute Gasteiger partial charge is 0.206 e. The molecule has 81 heavy (non-hydrogen) atoms. The van der Waals surface area contributed by atoms with E-state index in [2.05, 4.69) is 237 Å². The zero-order chi connectivity index (χ0) is 55.3. The number of para-hydroxylation sites is 7. The van der Waals surface area contributed by atoms with Crippen molar-refractivity contribution in [1.82, 2.24) is 0 Å². The standard InChI is InChI=1S/C42H36N2O2S.C32H21NO/c1-41(2)33-13-5-9-17-37(33)43(38-18-10-6-14-34(38)41)29-21-25-31(26-22-29)47(45,46)32-27-23-30(24-28-32)44-39-19-11-7-15-35(39)42(3,4)36-16-8-12-20-40(36)44;34-31-23-14-4-6-16-25(23)32(26-17-7-5-15-24(26)31)27-18-8-10-20-29(27)33(22-12-2-1-3-13-22)30-21-11-9-19-28(30)32/h5-28H,1-4H3;1-21H. The van der Waals surface area contributed by atoms with Crippen molar-refractivity contribution in [3.05, 3.63) is 329 Å². The molecule has 3 aliphatic heterocycles. The third-order valence-electron chi connectivity index (χ3n) is 17.3. The van der Waals surface area contributed by atoms with Crippen molar-refractivity contribution >= 4 is 66.8 Å². The number of nitrogens with zero attached hydrogens (tertiary/aromatic N) is 3. The highest BCUT2D eigenvalue weighted by Crippen LogP contribution is 2.60. The van der Waals surface area contributed by atoms with Gasteiger partial charge in [-0.2, -0.15) is 0 Å². The van der Waals surface area contributed by atoms with Gasteiger partial charge in [-0.3, -0.25) is 4.79 Å². The number of rotatable bonds is 5. The monoisotopic (exact) mass is 1070 g/mol. The lowest BCUT2D eigenvalue weighted by molar-refractivity contribution is 0.103. The van der Waals surface area contributed by atoms with E-state index < -0.39 is 15.3 Å². The third kappa shape index (κ3) is 7.45. The molecule has 0 atom stereocenters. The number of hydrogen-bond donors (Lipinski definition) is 0. The molecule has 11 aromatic rings. The van der Waals surface area contributed by atoms with Crippen LogP contribution in [0.4, 0.5) is 51.2 Å². The van der Waals surface area contributed by atoms with Gasteiger partial charge >= 0.3 is 0 Å². The van der Waals surface area contributed by atoms with Crippen molar-refractivity contribution in [2.45, 2.75) is 53.7 Å². The summed E-state index contributed by atoms with van der Waals surface area (Å²) in [5.74, 6) is 0.0947. The Morgan fingerprint density at radius 3 is 0.852 bits per heavy atom. The van der Waals surface area contributed by atoms with Gasteiger partial charge in [-0.25, -0.2) is 8.42 Å². The maximum Gasteiger partial charge on any atom is 0.206 e.